The van der Waals surface area contributed by atoms with Gasteiger partial charge in [-0.3, -0.25) is 4.79 Å². The molecule has 0 aliphatic rings. The molecule has 1 atom stereocenters. The second-order valence-corrected chi connectivity index (χ2v) is 5.05. The maximum atomic E-state index is 11.8. The molecule has 1 unspecified atom stereocenters. The van der Waals surface area contributed by atoms with Crippen molar-refractivity contribution in [3.63, 3.8) is 0 Å². The van der Waals surface area contributed by atoms with E-state index in [0.717, 1.165) is 11.8 Å². The van der Waals surface area contributed by atoms with E-state index in [1.807, 2.05) is 0 Å². The Bertz CT molecular complexity index is 352. The van der Waals surface area contributed by atoms with E-state index in [0.29, 0.717) is 11.5 Å². The number of carbonyl (C=O) groups is 1. The topological polar surface area (TPSA) is 42.2 Å². The van der Waals surface area contributed by atoms with E-state index in [4.69, 9.17) is 16.0 Å². The second-order valence-electron chi connectivity index (χ2n) is 4.06. The van der Waals surface area contributed by atoms with E-state index in [1.165, 1.54) is 6.26 Å². The number of hydrogen-bond donors (Lipinski definition) is 1. The van der Waals surface area contributed by atoms with Crippen molar-refractivity contribution >= 4 is 33.4 Å². The zero-order valence-electron chi connectivity index (χ0n) is 9.30. The largest absolute Gasteiger partial charge is 0.452 e. The van der Waals surface area contributed by atoms with Crippen molar-refractivity contribution < 1.29 is 9.21 Å². The molecule has 16 heavy (non-hydrogen) atoms. The van der Waals surface area contributed by atoms with Gasteiger partial charge in [0.15, 0.2) is 0 Å². The highest BCUT2D eigenvalue weighted by Crippen LogP contribution is 2.17. The van der Waals surface area contributed by atoms with Gasteiger partial charge in [-0.1, -0.05) is 29.8 Å². The highest BCUT2D eigenvalue weighted by molar-refractivity contribution is 9.09. The molecule has 90 valence electrons. The van der Waals surface area contributed by atoms with Gasteiger partial charge in [-0.25, -0.2) is 0 Å². The SMILES string of the molecule is CC(C)CC(CBr)NC(=O)c1ccoc1Cl. The molecular weight excluding hydrogens is 293 g/mol. The molecule has 0 bridgehead atoms. The van der Waals surface area contributed by atoms with Crippen LogP contribution in [0.5, 0.6) is 0 Å². The molecule has 0 radical (unpaired) electrons. The number of alkyl halides is 1. The van der Waals surface area contributed by atoms with Crippen molar-refractivity contribution in [1.82, 2.24) is 5.32 Å². The molecule has 3 nitrogen and oxygen atoms in total. The number of carbonyl (C=O) groups excluding carboxylic acids is 1. The first-order valence-corrected chi connectivity index (χ1v) is 6.64. The van der Waals surface area contributed by atoms with Crippen LogP contribution < -0.4 is 5.32 Å². The summed E-state index contributed by atoms with van der Waals surface area (Å²) in [5.41, 5.74) is 0.386. The van der Waals surface area contributed by atoms with Crippen LogP contribution in [0.3, 0.4) is 0 Å². The minimum absolute atomic E-state index is 0.110. The summed E-state index contributed by atoms with van der Waals surface area (Å²) in [5.74, 6) is 0.339. The molecule has 1 heterocycles. The molecular formula is C11H15BrClNO2. The van der Waals surface area contributed by atoms with Crippen LogP contribution in [0.1, 0.15) is 30.6 Å². The molecule has 0 aliphatic heterocycles. The van der Waals surface area contributed by atoms with Gasteiger partial charge in [0.05, 0.1) is 11.8 Å². The van der Waals surface area contributed by atoms with Gasteiger partial charge >= 0.3 is 0 Å². The first-order chi connectivity index (χ1) is 7.54. The summed E-state index contributed by atoms with van der Waals surface area (Å²) in [6, 6.07) is 1.68. The van der Waals surface area contributed by atoms with Gasteiger partial charge < -0.3 is 9.73 Å². The minimum Gasteiger partial charge on any atom is -0.452 e. The fourth-order valence-corrected chi connectivity index (χ4v) is 2.07. The van der Waals surface area contributed by atoms with Crippen LogP contribution in [-0.4, -0.2) is 17.3 Å². The third kappa shape index (κ3) is 3.83. The molecule has 0 aliphatic carbocycles. The van der Waals surface area contributed by atoms with Crippen molar-refractivity contribution in [2.24, 2.45) is 5.92 Å². The third-order valence-electron chi connectivity index (χ3n) is 2.14. The lowest BCUT2D eigenvalue weighted by Gasteiger charge is -2.17. The number of rotatable bonds is 5. The van der Waals surface area contributed by atoms with Crippen LogP contribution in [0.25, 0.3) is 0 Å². The van der Waals surface area contributed by atoms with Crippen LogP contribution in [-0.2, 0) is 0 Å². The molecule has 1 aromatic heterocycles. The zero-order valence-corrected chi connectivity index (χ0v) is 11.6. The lowest BCUT2D eigenvalue weighted by molar-refractivity contribution is 0.0936. The van der Waals surface area contributed by atoms with Gasteiger partial charge in [-0.15, -0.1) is 0 Å². The molecule has 1 aromatic rings. The van der Waals surface area contributed by atoms with Crippen molar-refractivity contribution in [3.8, 4) is 0 Å². The Kier molecular flexibility index (Phi) is 5.35. The Morgan fingerprint density at radius 2 is 2.31 bits per heavy atom. The molecule has 5 heteroatoms. The van der Waals surface area contributed by atoms with Crippen LogP contribution in [0.15, 0.2) is 16.7 Å². The van der Waals surface area contributed by atoms with Gasteiger partial charge in [0.2, 0.25) is 5.22 Å². The van der Waals surface area contributed by atoms with Gasteiger partial charge in [-0.05, 0) is 30.0 Å². The Hall–Kier alpha value is -0.480. The van der Waals surface area contributed by atoms with Crippen LogP contribution in [0.2, 0.25) is 5.22 Å². The van der Waals surface area contributed by atoms with E-state index >= 15 is 0 Å². The molecule has 0 aromatic carbocycles. The number of nitrogens with one attached hydrogen (secondary N) is 1. The van der Waals surface area contributed by atoms with Gasteiger partial charge in [0.25, 0.3) is 5.91 Å². The summed E-state index contributed by atoms with van der Waals surface area (Å²) in [4.78, 5) is 11.8. The van der Waals surface area contributed by atoms with E-state index in [2.05, 4.69) is 35.1 Å². The van der Waals surface area contributed by atoms with Crippen molar-refractivity contribution in [1.29, 1.82) is 0 Å². The summed E-state index contributed by atoms with van der Waals surface area (Å²) in [6.07, 6.45) is 2.33. The van der Waals surface area contributed by atoms with Gasteiger partial charge in [0, 0.05) is 11.4 Å². The van der Waals surface area contributed by atoms with Gasteiger partial charge in [0.1, 0.15) is 0 Å². The maximum absolute atomic E-state index is 11.8. The fourth-order valence-electron chi connectivity index (χ4n) is 1.45. The highest BCUT2D eigenvalue weighted by atomic mass is 79.9. The average molecular weight is 309 g/mol. The molecule has 1 rings (SSSR count). The van der Waals surface area contributed by atoms with Crippen molar-refractivity contribution in [2.45, 2.75) is 26.3 Å². The van der Waals surface area contributed by atoms with Crippen LogP contribution >= 0.6 is 27.5 Å². The standard InChI is InChI=1S/C11H15BrClNO2/c1-7(2)5-8(6-12)14-11(15)9-3-4-16-10(9)13/h3-4,7-8H,5-6H2,1-2H3,(H,14,15). The van der Waals surface area contributed by atoms with Crippen LogP contribution in [0, 0.1) is 5.92 Å². The quantitative estimate of drug-likeness (QED) is 0.846. The number of furan rings is 1. The average Bonchev–Trinajstić information content (AvgIpc) is 2.62. The summed E-state index contributed by atoms with van der Waals surface area (Å²) < 4.78 is 4.87. The summed E-state index contributed by atoms with van der Waals surface area (Å²) >= 11 is 9.11. The first-order valence-electron chi connectivity index (χ1n) is 5.14. The molecule has 0 spiro atoms. The molecule has 0 saturated heterocycles. The number of amides is 1. The normalized spacial score (nSPS) is 12.8. The predicted octanol–water partition coefficient (Wildman–Crippen LogP) is 3.47. The lowest BCUT2D eigenvalue weighted by Crippen LogP contribution is -2.36. The summed E-state index contributed by atoms with van der Waals surface area (Å²) in [7, 11) is 0. The van der Waals surface area contributed by atoms with E-state index in [9.17, 15) is 4.79 Å². The maximum Gasteiger partial charge on any atom is 0.256 e. The van der Waals surface area contributed by atoms with Crippen LogP contribution in [0.4, 0.5) is 0 Å². The van der Waals surface area contributed by atoms with E-state index in [1.54, 1.807) is 6.07 Å². The van der Waals surface area contributed by atoms with Crippen molar-refractivity contribution in [3.05, 3.63) is 23.1 Å². The molecule has 1 N–H and O–H groups in total. The zero-order chi connectivity index (χ0) is 12.1. The Morgan fingerprint density at radius 1 is 1.62 bits per heavy atom. The Morgan fingerprint density at radius 3 is 2.75 bits per heavy atom. The van der Waals surface area contributed by atoms with Crippen molar-refractivity contribution in [2.75, 3.05) is 5.33 Å². The second kappa shape index (κ2) is 6.30. The summed E-state index contributed by atoms with van der Waals surface area (Å²) in [6.45, 7) is 4.24. The monoisotopic (exact) mass is 307 g/mol. The Labute approximate surface area is 109 Å². The lowest BCUT2D eigenvalue weighted by atomic mass is 10.1. The summed E-state index contributed by atoms with van der Waals surface area (Å²) in [5, 5.41) is 3.77. The predicted molar refractivity (Wildman–Crippen MR) is 68.2 cm³/mol. The fraction of sp³-hybridized carbons (Fsp3) is 0.545. The van der Waals surface area contributed by atoms with E-state index < -0.39 is 0 Å². The number of halogens is 2. The van der Waals surface area contributed by atoms with Gasteiger partial charge in [-0.2, -0.15) is 0 Å². The third-order valence-corrected chi connectivity index (χ3v) is 3.21. The molecule has 0 saturated carbocycles. The minimum atomic E-state index is -0.191. The first kappa shape index (κ1) is 13.6. The molecule has 1 amide bonds. The molecule has 0 fully saturated rings. The van der Waals surface area contributed by atoms with E-state index in [-0.39, 0.29) is 17.2 Å². The Balaban J connectivity index is 2.59. The smallest absolute Gasteiger partial charge is 0.256 e. The highest BCUT2D eigenvalue weighted by Gasteiger charge is 2.17. The number of hydrogen-bond acceptors (Lipinski definition) is 2.